The van der Waals surface area contributed by atoms with Crippen LogP contribution in [0, 0.1) is 23.0 Å². The first-order valence-electron chi connectivity index (χ1n) is 6.88. The van der Waals surface area contributed by atoms with Gasteiger partial charge in [0.05, 0.1) is 17.2 Å². The zero-order chi connectivity index (χ0) is 17.7. The quantitative estimate of drug-likeness (QED) is 0.880. The molecule has 0 aliphatic carbocycles. The molecule has 0 aliphatic heterocycles. The van der Waals surface area contributed by atoms with Crippen molar-refractivity contribution in [2.24, 2.45) is 0 Å². The summed E-state index contributed by atoms with van der Waals surface area (Å²) in [7, 11) is 0. The van der Waals surface area contributed by atoms with E-state index in [0.29, 0.717) is 17.2 Å². The van der Waals surface area contributed by atoms with Crippen molar-refractivity contribution in [3.05, 3.63) is 70.8 Å². The molecule has 0 aromatic heterocycles. The number of benzene rings is 2. The summed E-state index contributed by atoms with van der Waals surface area (Å²) in [6, 6.07) is 9.26. The Bertz CT molecular complexity index is 831. The van der Waals surface area contributed by atoms with Crippen molar-refractivity contribution in [3.63, 3.8) is 0 Å². The topological polar surface area (TPSA) is 90.2 Å². The number of carbonyl (C=O) groups excluding carboxylic acids is 1. The molecule has 0 spiro atoms. The number of carboxylic acid groups (broad SMARTS) is 1. The summed E-state index contributed by atoms with van der Waals surface area (Å²) in [5.74, 6) is -4.19. The molecule has 2 aromatic rings. The van der Waals surface area contributed by atoms with Crippen LogP contribution in [0.4, 0.5) is 8.78 Å². The Hall–Kier alpha value is -3.27. The van der Waals surface area contributed by atoms with Crippen LogP contribution in [0.25, 0.3) is 0 Å². The van der Waals surface area contributed by atoms with Gasteiger partial charge in [-0.15, -0.1) is 0 Å². The van der Waals surface area contributed by atoms with Crippen LogP contribution in [-0.2, 0) is 11.2 Å². The van der Waals surface area contributed by atoms with Gasteiger partial charge in [0.2, 0.25) is 0 Å². The van der Waals surface area contributed by atoms with Gasteiger partial charge in [-0.1, -0.05) is 12.1 Å². The normalized spacial score (nSPS) is 11.4. The van der Waals surface area contributed by atoms with Gasteiger partial charge in [-0.25, -0.2) is 13.6 Å². The standard InChI is InChI=1S/C17H12F2N2O3/c18-12-4-5-13(14(19)8-12)16(22)21-15(17(23)24)7-10-2-1-3-11(6-10)9-20/h1-6,8,15H,7H2,(H,21,22)(H,23,24)/t15-/m0/s1. The summed E-state index contributed by atoms with van der Waals surface area (Å²) in [6.45, 7) is 0. The number of amides is 1. The van der Waals surface area contributed by atoms with Gasteiger partial charge < -0.3 is 10.4 Å². The summed E-state index contributed by atoms with van der Waals surface area (Å²) in [4.78, 5) is 23.3. The predicted molar refractivity (Wildman–Crippen MR) is 80.1 cm³/mol. The van der Waals surface area contributed by atoms with E-state index in [2.05, 4.69) is 5.32 Å². The third kappa shape index (κ3) is 4.14. The third-order valence-corrected chi connectivity index (χ3v) is 3.28. The van der Waals surface area contributed by atoms with Crippen molar-refractivity contribution in [1.29, 1.82) is 5.26 Å². The first-order valence-corrected chi connectivity index (χ1v) is 6.88. The molecule has 0 saturated carbocycles. The number of nitrogens with one attached hydrogen (secondary N) is 1. The van der Waals surface area contributed by atoms with Gasteiger partial charge >= 0.3 is 5.97 Å². The van der Waals surface area contributed by atoms with Crippen molar-refractivity contribution in [3.8, 4) is 6.07 Å². The molecule has 0 unspecified atom stereocenters. The fraction of sp³-hybridized carbons (Fsp3) is 0.118. The maximum atomic E-state index is 13.6. The van der Waals surface area contributed by atoms with E-state index < -0.39 is 35.1 Å². The van der Waals surface area contributed by atoms with E-state index in [-0.39, 0.29) is 6.42 Å². The van der Waals surface area contributed by atoms with Crippen LogP contribution < -0.4 is 5.32 Å². The lowest BCUT2D eigenvalue weighted by Crippen LogP contribution is -2.42. The van der Waals surface area contributed by atoms with Crippen LogP contribution in [0.1, 0.15) is 21.5 Å². The number of nitrogens with zero attached hydrogens (tertiary/aromatic N) is 1. The summed E-state index contributed by atoms with van der Waals surface area (Å²) < 4.78 is 26.5. The van der Waals surface area contributed by atoms with Crippen molar-refractivity contribution in [2.75, 3.05) is 0 Å². The number of nitriles is 1. The first kappa shape index (κ1) is 17.1. The highest BCUT2D eigenvalue weighted by atomic mass is 19.1. The molecular weight excluding hydrogens is 318 g/mol. The van der Waals surface area contributed by atoms with Crippen LogP contribution in [-0.4, -0.2) is 23.0 Å². The molecule has 5 nitrogen and oxygen atoms in total. The van der Waals surface area contributed by atoms with E-state index in [1.165, 1.54) is 6.07 Å². The van der Waals surface area contributed by atoms with E-state index in [0.717, 1.165) is 12.1 Å². The highest BCUT2D eigenvalue weighted by Crippen LogP contribution is 2.11. The van der Waals surface area contributed by atoms with Crippen LogP contribution in [0.5, 0.6) is 0 Å². The molecule has 0 heterocycles. The molecule has 1 amide bonds. The highest BCUT2D eigenvalue weighted by Gasteiger charge is 2.23. The molecule has 2 N–H and O–H groups in total. The number of halogens is 2. The van der Waals surface area contributed by atoms with Crippen LogP contribution in [0.15, 0.2) is 42.5 Å². The Morgan fingerprint density at radius 3 is 2.58 bits per heavy atom. The number of hydrogen-bond acceptors (Lipinski definition) is 3. The molecular formula is C17H12F2N2O3. The van der Waals surface area contributed by atoms with Gasteiger partial charge in [-0.05, 0) is 29.8 Å². The lowest BCUT2D eigenvalue weighted by atomic mass is 10.0. The van der Waals surface area contributed by atoms with Gasteiger partial charge in [0.15, 0.2) is 0 Å². The minimum Gasteiger partial charge on any atom is -0.480 e. The Kier molecular flexibility index (Phi) is 5.22. The van der Waals surface area contributed by atoms with Crippen molar-refractivity contribution in [2.45, 2.75) is 12.5 Å². The summed E-state index contributed by atoms with van der Waals surface area (Å²) in [5, 5.41) is 20.3. The largest absolute Gasteiger partial charge is 0.480 e. The van der Waals surface area contributed by atoms with Crippen LogP contribution in [0.3, 0.4) is 0 Å². The van der Waals surface area contributed by atoms with E-state index in [4.69, 9.17) is 5.26 Å². The fourth-order valence-corrected chi connectivity index (χ4v) is 2.11. The average Bonchev–Trinajstić information content (AvgIpc) is 2.54. The summed E-state index contributed by atoms with van der Waals surface area (Å²) >= 11 is 0. The number of hydrogen-bond donors (Lipinski definition) is 2. The third-order valence-electron chi connectivity index (χ3n) is 3.28. The second-order valence-corrected chi connectivity index (χ2v) is 5.00. The number of carbonyl (C=O) groups is 2. The fourth-order valence-electron chi connectivity index (χ4n) is 2.11. The highest BCUT2D eigenvalue weighted by molar-refractivity contribution is 5.96. The average molecular weight is 330 g/mol. The molecule has 122 valence electrons. The zero-order valence-corrected chi connectivity index (χ0v) is 12.3. The molecule has 0 radical (unpaired) electrons. The van der Waals surface area contributed by atoms with Gasteiger partial charge in [0, 0.05) is 12.5 Å². The van der Waals surface area contributed by atoms with E-state index in [1.807, 2.05) is 6.07 Å². The molecule has 7 heteroatoms. The Morgan fingerprint density at radius 2 is 1.96 bits per heavy atom. The van der Waals surface area contributed by atoms with Crippen molar-refractivity contribution < 1.29 is 23.5 Å². The Morgan fingerprint density at radius 1 is 1.21 bits per heavy atom. The maximum absolute atomic E-state index is 13.6. The maximum Gasteiger partial charge on any atom is 0.326 e. The molecule has 0 aliphatic rings. The molecule has 2 aromatic carbocycles. The molecule has 2 rings (SSSR count). The van der Waals surface area contributed by atoms with Gasteiger partial charge in [-0.2, -0.15) is 5.26 Å². The molecule has 0 bridgehead atoms. The monoisotopic (exact) mass is 330 g/mol. The van der Waals surface area contributed by atoms with E-state index in [1.54, 1.807) is 18.2 Å². The van der Waals surface area contributed by atoms with E-state index >= 15 is 0 Å². The zero-order valence-electron chi connectivity index (χ0n) is 12.3. The second-order valence-electron chi connectivity index (χ2n) is 5.00. The van der Waals surface area contributed by atoms with Crippen LogP contribution in [0.2, 0.25) is 0 Å². The lowest BCUT2D eigenvalue weighted by molar-refractivity contribution is -0.139. The van der Waals surface area contributed by atoms with Gasteiger partial charge in [0.25, 0.3) is 5.91 Å². The number of aliphatic carboxylic acids is 1. The molecule has 0 fully saturated rings. The van der Waals surface area contributed by atoms with Crippen molar-refractivity contribution in [1.82, 2.24) is 5.32 Å². The Balaban J connectivity index is 2.17. The molecule has 1 atom stereocenters. The molecule has 24 heavy (non-hydrogen) atoms. The minimum atomic E-state index is -1.32. The SMILES string of the molecule is N#Cc1cccc(C[C@H](NC(=O)c2ccc(F)cc2F)C(=O)O)c1. The Labute approximate surface area is 136 Å². The number of carboxylic acids is 1. The predicted octanol–water partition coefficient (Wildman–Crippen LogP) is 2.26. The molecule has 0 saturated heterocycles. The lowest BCUT2D eigenvalue weighted by Gasteiger charge is -2.15. The second kappa shape index (κ2) is 7.33. The number of rotatable bonds is 5. The van der Waals surface area contributed by atoms with Crippen molar-refractivity contribution >= 4 is 11.9 Å². The first-order chi connectivity index (χ1) is 11.4. The van der Waals surface area contributed by atoms with E-state index in [9.17, 15) is 23.5 Å². The summed E-state index contributed by atoms with van der Waals surface area (Å²) in [5.41, 5.74) is 0.433. The van der Waals surface area contributed by atoms with Gasteiger partial charge in [-0.3, -0.25) is 4.79 Å². The van der Waals surface area contributed by atoms with Gasteiger partial charge in [0.1, 0.15) is 17.7 Å². The smallest absolute Gasteiger partial charge is 0.326 e. The minimum absolute atomic E-state index is 0.0839. The summed E-state index contributed by atoms with van der Waals surface area (Å²) in [6.07, 6.45) is -0.0839. The van der Waals surface area contributed by atoms with Crippen LogP contribution >= 0.6 is 0 Å².